The van der Waals surface area contributed by atoms with Crippen LogP contribution in [0.5, 0.6) is 5.88 Å². The zero-order valence-corrected chi connectivity index (χ0v) is 32.6. The van der Waals surface area contributed by atoms with Crippen molar-refractivity contribution in [3.8, 4) is 17.1 Å². The highest BCUT2D eigenvalue weighted by Crippen LogP contribution is 2.41. The SMILES string of the molecule is Cc1cccc(CC2CCCC2)c1-c1nc2nc(c1C)OC[C@@H](CC(C)(C)C)C(Cc1cccc(N3CCC[C@H]3C)n1)c1cccc(c1)S(=O)(=O)N2. The molecule has 276 valence electrons. The quantitative estimate of drug-likeness (QED) is 0.203. The number of benzene rings is 2. The molecule has 7 rings (SSSR count). The number of hydrogen-bond acceptors (Lipinski definition) is 7. The molecule has 4 aromatic rings. The third-order valence-corrected chi connectivity index (χ3v) is 12.8. The predicted octanol–water partition coefficient (Wildman–Crippen LogP) is 9.45. The smallest absolute Gasteiger partial charge is 0.264 e. The molecule has 3 atom stereocenters. The van der Waals surface area contributed by atoms with Gasteiger partial charge >= 0.3 is 0 Å². The number of sulfonamides is 1. The Kier molecular flexibility index (Phi) is 10.4. The monoisotopic (exact) mass is 721 g/mol. The van der Waals surface area contributed by atoms with E-state index in [9.17, 15) is 8.42 Å². The van der Waals surface area contributed by atoms with Crippen molar-refractivity contribution in [3.05, 3.63) is 88.6 Å². The Bertz CT molecular complexity index is 2020. The number of nitrogens with zero attached hydrogens (tertiary/aromatic N) is 4. The lowest BCUT2D eigenvalue weighted by Crippen LogP contribution is -2.29. The number of anilines is 2. The number of rotatable bonds is 7. The molecule has 2 fully saturated rings. The Hall–Kier alpha value is -3.98. The van der Waals surface area contributed by atoms with Crippen LogP contribution in [-0.2, 0) is 22.9 Å². The van der Waals surface area contributed by atoms with Gasteiger partial charge in [-0.1, -0.05) is 82.9 Å². The molecule has 0 spiro atoms. The van der Waals surface area contributed by atoms with E-state index < -0.39 is 10.0 Å². The number of nitrogens with one attached hydrogen (secondary N) is 1. The summed E-state index contributed by atoms with van der Waals surface area (Å²) in [6.07, 6.45) is 9.88. The first kappa shape index (κ1) is 36.4. The largest absolute Gasteiger partial charge is 0.477 e. The van der Waals surface area contributed by atoms with Crippen molar-refractivity contribution in [1.82, 2.24) is 15.0 Å². The highest BCUT2D eigenvalue weighted by Gasteiger charge is 2.33. The van der Waals surface area contributed by atoms with Crippen molar-refractivity contribution in [2.24, 2.45) is 17.3 Å². The van der Waals surface area contributed by atoms with Gasteiger partial charge in [0.05, 0.1) is 17.2 Å². The van der Waals surface area contributed by atoms with Crippen LogP contribution in [0, 0.1) is 31.1 Å². The van der Waals surface area contributed by atoms with Gasteiger partial charge in [0.1, 0.15) is 5.82 Å². The molecule has 2 aromatic carbocycles. The molecule has 1 aliphatic carbocycles. The van der Waals surface area contributed by atoms with Crippen LogP contribution in [0.15, 0.2) is 65.6 Å². The lowest BCUT2D eigenvalue weighted by molar-refractivity contribution is 0.165. The van der Waals surface area contributed by atoms with Gasteiger partial charge in [-0.15, -0.1) is 0 Å². The van der Waals surface area contributed by atoms with Crippen LogP contribution in [0.4, 0.5) is 11.8 Å². The van der Waals surface area contributed by atoms with Gasteiger partial charge in [0.2, 0.25) is 11.8 Å². The molecule has 1 saturated heterocycles. The minimum absolute atomic E-state index is 0.0117. The van der Waals surface area contributed by atoms with Crippen LogP contribution in [0.25, 0.3) is 11.3 Å². The fourth-order valence-corrected chi connectivity index (χ4v) is 9.86. The zero-order valence-electron chi connectivity index (χ0n) is 31.8. The Labute approximate surface area is 310 Å². The molecule has 9 heteroatoms. The van der Waals surface area contributed by atoms with Crippen LogP contribution >= 0.6 is 0 Å². The van der Waals surface area contributed by atoms with Crippen LogP contribution < -0.4 is 14.4 Å². The topological polar surface area (TPSA) is 97.3 Å². The minimum atomic E-state index is -4.02. The van der Waals surface area contributed by atoms with E-state index in [4.69, 9.17) is 19.7 Å². The maximum atomic E-state index is 14.1. The van der Waals surface area contributed by atoms with Gasteiger partial charge in [-0.2, -0.15) is 4.98 Å². The Balaban J connectivity index is 1.33. The van der Waals surface area contributed by atoms with Crippen LogP contribution in [0.3, 0.4) is 0 Å². The van der Waals surface area contributed by atoms with E-state index in [2.05, 4.69) is 86.7 Å². The first-order valence-corrected chi connectivity index (χ1v) is 20.8. The molecule has 3 aliphatic rings. The number of aromatic nitrogens is 3. The standard InChI is InChI=1S/C43H55N5O3S/c1-28-13-9-18-33(23-31-15-7-8-16-31)39(28)40-30(3)41-46-42(45-40)47-52(49,50)36-20-10-17-32(24-36)37(34(27-51-41)26-43(4,5)6)25-35-19-11-21-38(44-35)48-22-12-14-29(48)2/h9-11,13,17-21,24,29,31,34,37H,7-8,12,14-16,22-23,25-27H2,1-6H3,(H,45,46,47)/t29-,34-,37?/m1/s1. The molecule has 2 aromatic heterocycles. The second kappa shape index (κ2) is 14.8. The molecule has 4 heterocycles. The third kappa shape index (κ3) is 7.99. The lowest BCUT2D eigenvalue weighted by Gasteiger charge is -2.33. The Morgan fingerprint density at radius 2 is 1.67 bits per heavy atom. The summed E-state index contributed by atoms with van der Waals surface area (Å²) in [5.74, 6) is 2.09. The van der Waals surface area contributed by atoms with Crippen LogP contribution in [-0.4, -0.2) is 42.6 Å². The molecule has 52 heavy (non-hydrogen) atoms. The summed E-state index contributed by atoms with van der Waals surface area (Å²) in [5.41, 5.74) is 6.89. The molecule has 1 N–H and O–H groups in total. The molecule has 0 amide bonds. The van der Waals surface area contributed by atoms with Crippen molar-refractivity contribution in [2.75, 3.05) is 22.8 Å². The average Bonchev–Trinajstić information content (AvgIpc) is 3.78. The fraction of sp³-hybridized carbons (Fsp3) is 0.512. The summed E-state index contributed by atoms with van der Waals surface area (Å²) < 4.78 is 37.8. The lowest BCUT2D eigenvalue weighted by atomic mass is 9.74. The second-order valence-corrected chi connectivity index (χ2v) is 18.5. The highest BCUT2D eigenvalue weighted by atomic mass is 32.2. The molecule has 1 saturated carbocycles. The van der Waals surface area contributed by atoms with Gasteiger partial charge in [-0.05, 0) is 111 Å². The van der Waals surface area contributed by atoms with E-state index in [1.807, 2.05) is 19.1 Å². The van der Waals surface area contributed by atoms with Crippen molar-refractivity contribution >= 4 is 21.8 Å². The van der Waals surface area contributed by atoms with Crippen molar-refractivity contribution in [3.63, 3.8) is 0 Å². The average molecular weight is 722 g/mol. The number of hydrogen-bond donors (Lipinski definition) is 1. The summed E-state index contributed by atoms with van der Waals surface area (Å²) in [6.45, 7) is 14.6. The van der Waals surface area contributed by atoms with Gasteiger partial charge in [-0.3, -0.25) is 0 Å². The number of pyridine rings is 1. The van der Waals surface area contributed by atoms with Crippen LogP contribution in [0.1, 0.15) is 107 Å². The first-order chi connectivity index (χ1) is 24.8. The normalized spacial score (nSPS) is 22.0. The van der Waals surface area contributed by atoms with E-state index >= 15 is 0 Å². The predicted molar refractivity (Wildman–Crippen MR) is 210 cm³/mol. The van der Waals surface area contributed by atoms with E-state index in [0.717, 1.165) is 58.8 Å². The molecule has 2 aliphatic heterocycles. The molecule has 0 radical (unpaired) electrons. The summed E-state index contributed by atoms with van der Waals surface area (Å²) in [4.78, 5) is 17.5. The van der Waals surface area contributed by atoms with E-state index in [0.29, 0.717) is 30.9 Å². The van der Waals surface area contributed by atoms with Crippen molar-refractivity contribution in [2.45, 2.75) is 116 Å². The molecule has 4 bridgehead atoms. The fourth-order valence-electron chi connectivity index (χ4n) is 8.87. The summed E-state index contributed by atoms with van der Waals surface area (Å²) in [5, 5.41) is 0. The van der Waals surface area contributed by atoms with Gasteiger partial charge in [0.25, 0.3) is 10.0 Å². The summed E-state index contributed by atoms with van der Waals surface area (Å²) in [7, 11) is -4.02. The molecule has 1 unspecified atom stereocenters. The maximum absolute atomic E-state index is 14.1. The minimum Gasteiger partial charge on any atom is -0.477 e. The van der Waals surface area contributed by atoms with Gasteiger partial charge in [0, 0.05) is 35.3 Å². The maximum Gasteiger partial charge on any atom is 0.264 e. The Morgan fingerprint density at radius 1 is 0.904 bits per heavy atom. The number of fused-ring (bicyclic) bond motifs is 4. The summed E-state index contributed by atoms with van der Waals surface area (Å²) in [6, 6.07) is 20.6. The van der Waals surface area contributed by atoms with Crippen molar-refractivity contribution < 1.29 is 13.2 Å². The number of aryl methyl sites for hydroxylation is 1. The number of ether oxygens (including phenoxy) is 1. The second-order valence-electron chi connectivity index (χ2n) is 16.8. The van der Waals surface area contributed by atoms with E-state index in [1.165, 1.54) is 44.1 Å². The van der Waals surface area contributed by atoms with Gasteiger partial charge in [-0.25, -0.2) is 23.1 Å². The van der Waals surface area contributed by atoms with Gasteiger partial charge in [0.15, 0.2) is 0 Å². The Morgan fingerprint density at radius 3 is 2.42 bits per heavy atom. The van der Waals surface area contributed by atoms with E-state index in [1.54, 1.807) is 6.07 Å². The zero-order chi connectivity index (χ0) is 36.6. The molecule has 8 nitrogen and oxygen atoms in total. The highest BCUT2D eigenvalue weighted by molar-refractivity contribution is 7.92. The van der Waals surface area contributed by atoms with Crippen LogP contribution in [0.2, 0.25) is 0 Å². The molecular formula is C43H55N5O3S. The summed E-state index contributed by atoms with van der Waals surface area (Å²) >= 11 is 0. The third-order valence-electron chi connectivity index (χ3n) is 11.4. The van der Waals surface area contributed by atoms with Crippen molar-refractivity contribution in [1.29, 1.82) is 0 Å². The van der Waals surface area contributed by atoms with Gasteiger partial charge < -0.3 is 9.64 Å². The molecular weight excluding hydrogens is 667 g/mol. The first-order valence-electron chi connectivity index (χ1n) is 19.3. The van der Waals surface area contributed by atoms with E-state index in [-0.39, 0.29) is 28.1 Å².